The highest BCUT2D eigenvalue weighted by atomic mass is 35.5. The fraction of sp³-hybridized carbons (Fsp3) is 0.273. The Hall–Kier alpha value is -0.840. The molecule has 0 bridgehead atoms. The summed E-state index contributed by atoms with van der Waals surface area (Å²) in [6.45, 7) is 2.88. The molecule has 2 aromatic rings. The molecule has 3 nitrogen and oxygen atoms in total. The molecule has 0 aliphatic heterocycles. The predicted octanol–water partition coefficient (Wildman–Crippen LogP) is 3.87. The minimum Gasteiger partial charge on any atom is -0.361 e. The van der Waals surface area contributed by atoms with Crippen molar-refractivity contribution in [2.24, 2.45) is 0 Å². The van der Waals surface area contributed by atoms with Gasteiger partial charge in [0.15, 0.2) is 0 Å². The second-order valence-corrected chi connectivity index (χ2v) is 5.04. The van der Waals surface area contributed by atoms with Gasteiger partial charge in [-0.1, -0.05) is 29.3 Å². The molecule has 1 heterocycles. The zero-order chi connectivity index (χ0) is 12.3. The summed E-state index contributed by atoms with van der Waals surface area (Å²) in [6, 6.07) is 5.57. The third-order valence-corrected chi connectivity index (χ3v) is 3.59. The van der Waals surface area contributed by atoms with Crippen LogP contribution >= 0.6 is 34.7 Å². The van der Waals surface area contributed by atoms with Crippen LogP contribution in [0.4, 0.5) is 5.13 Å². The van der Waals surface area contributed by atoms with Crippen molar-refractivity contribution in [3.8, 4) is 0 Å². The first-order chi connectivity index (χ1) is 8.19. The SMILES string of the molecule is CCNc1nc(Cc2ccc(Cl)c(Cl)c2)ns1. The molecule has 90 valence electrons. The van der Waals surface area contributed by atoms with E-state index in [0.717, 1.165) is 23.1 Å². The molecule has 0 aliphatic rings. The maximum absolute atomic E-state index is 5.95. The Bertz CT molecular complexity index is 513. The molecule has 0 saturated carbocycles. The number of aromatic nitrogens is 2. The van der Waals surface area contributed by atoms with Gasteiger partial charge in [0.05, 0.1) is 10.0 Å². The van der Waals surface area contributed by atoms with Crippen molar-refractivity contribution in [1.82, 2.24) is 9.36 Å². The van der Waals surface area contributed by atoms with E-state index in [9.17, 15) is 0 Å². The number of nitrogens with zero attached hydrogens (tertiary/aromatic N) is 2. The second kappa shape index (κ2) is 5.67. The van der Waals surface area contributed by atoms with Gasteiger partial charge in [-0.15, -0.1) is 0 Å². The zero-order valence-electron chi connectivity index (χ0n) is 9.20. The maximum atomic E-state index is 5.95. The van der Waals surface area contributed by atoms with Crippen LogP contribution in [0.15, 0.2) is 18.2 Å². The monoisotopic (exact) mass is 287 g/mol. The van der Waals surface area contributed by atoms with E-state index in [1.165, 1.54) is 11.5 Å². The topological polar surface area (TPSA) is 37.8 Å². The minimum atomic E-state index is 0.561. The van der Waals surface area contributed by atoms with Crippen LogP contribution in [0.25, 0.3) is 0 Å². The Labute approximate surface area is 114 Å². The van der Waals surface area contributed by atoms with Gasteiger partial charge in [0.25, 0.3) is 0 Å². The van der Waals surface area contributed by atoms with Gasteiger partial charge < -0.3 is 5.32 Å². The van der Waals surface area contributed by atoms with Gasteiger partial charge in [-0.25, -0.2) is 4.98 Å². The lowest BCUT2D eigenvalue weighted by Crippen LogP contribution is -1.96. The fourth-order valence-electron chi connectivity index (χ4n) is 1.38. The van der Waals surface area contributed by atoms with Crippen molar-refractivity contribution >= 4 is 39.9 Å². The van der Waals surface area contributed by atoms with Crippen molar-refractivity contribution in [3.05, 3.63) is 39.6 Å². The summed E-state index contributed by atoms with van der Waals surface area (Å²) in [6.07, 6.45) is 0.665. The Morgan fingerprint density at radius 1 is 1.29 bits per heavy atom. The van der Waals surface area contributed by atoms with Gasteiger partial charge in [0, 0.05) is 24.5 Å². The first-order valence-electron chi connectivity index (χ1n) is 5.19. The van der Waals surface area contributed by atoms with Crippen LogP contribution in [0.2, 0.25) is 10.0 Å². The van der Waals surface area contributed by atoms with E-state index in [1.807, 2.05) is 19.1 Å². The molecule has 1 N–H and O–H groups in total. The third kappa shape index (κ3) is 3.31. The van der Waals surface area contributed by atoms with Gasteiger partial charge in [-0.05, 0) is 24.6 Å². The van der Waals surface area contributed by atoms with Gasteiger partial charge in [0.1, 0.15) is 5.82 Å². The average molecular weight is 288 g/mol. The number of hydrogen-bond acceptors (Lipinski definition) is 4. The highest BCUT2D eigenvalue weighted by molar-refractivity contribution is 7.09. The van der Waals surface area contributed by atoms with E-state index < -0.39 is 0 Å². The molecule has 0 aliphatic carbocycles. The summed E-state index contributed by atoms with van der Waals surface area (Å²) < 4.78 is 4.27. The van der Waals surface area contributed by atoms with Crippen LogP contribution < -0.4 is 5.32 Å². The van der Waals surface area contributed by atoms with Crippen molar-refractivity contribution < 1.29 is 0 Å². The zero-order valence-corrected chi connectivity index (χ0v) is 11.5. The number of nitrogens with one attached hydrogen (secondary N) is 1. The molecule has 0 amide bonds. The van der Waals surface area contributed by atoms with E-state index in [0.29, 0.717) is 16.5 Å². The molecule has 1 aromatic carbocycles. The van der Waals surface area contributed by atoms with E-state index in [1.54, 1.807) is 6.07 Å². The Morgan fingerprint density at radius 2 is 2.12 bits per heavy atom. The van der Waals surface area contributed by atoms with Crippen LogP contribution in [0, 0.1) is 0 Å². The van der Waals surface area contributed by atoms with Gasteiger partial charge >= 0.3 is 0 Å². The molecular weight excluding hydrogens is 277 g/mol. The first-order valence-corrected chi connectivity index (χ1v) is 6.72. The molecule has 6 heteroatoms. The lowest BCUT2D eigenvalue weighted by molar-refractivity contribution is 1.03. The maximum Gasteiger partial charge on any atom is 0.202 e. The molecule has 0 saturated heterocycles. The van der Waals surface area contributed by atoms with Crippen molar-refractivity contribution in [2.45, 2.75) is 13.3 Å². The predicted molar refractivity (Wildman–Crippen MR) is 73.3 cm³/mol. The molecule has 0 radical (unpaired) electrons. The number of benzene rings is 1. The molecule has 0 spiro atoms. The smallest absolute Gasteiger partial charge is 0.202 e. The van der Waals surface area contributed by atoms with Gasteiger partial charge in [-0.3, -0.25) is 0 Å². The standard InChI is InChI=1S/C11H11Cl2N3S/c1-2-14-11-15-10(16-17-11)6-7-3-4-8(12)9(13)5-7/h3-5H,2,6H2,1H3,(H,14,15,16). The summed E-state index contributed by atoms with van der Waals surface area (Å²) in [5, 5.41) is 5.11. The minimum absolute atomic E-state index is 0.561. The van der Waals surface area contributed by atoms with Crippen molar-refractivity contribution in [2.75, 3.05) is 11.9 Å². The molecule has 0 fully saturated rings. The Kier molecular flexibility index (Phi) is 4.20. The lowest BCUT2D eigenvalue weighted by atomic mass is 10.1. The van der Waals surface area contributed by atoms with E-state index in [-0.39, 0.29) is 0 Å². The van der Waals surface area contributed by atoms with Gasteiger partial charge in [-0.2, -0.15) is 4.37 Å². The first kappa shape index (κ1) is 12.6. The number of rotatable bonds is 4. The third-order valence-electron chi connectivity index (χ3n) is 2.14. The summed E-state index contributed by atoms with van der Waals surface area (Å²) in [4.78, 5) is 4.37. The largest absolute Gasteiger partial charge is 0.361 e. The summed E-state index contributed by atoms with van der Waals surface area (Å²) >= 11 is 13.2. The van der Waals surface area contributed by atoms with E-state index >= 15 is 0 Å². The fourth-order valence-corrected chi connectivity index (χ4v) is 2.35. The molecule has 1 aromatic heterocycles. The Morgan fingerprint density at radius 3 is 2.82 bits per heavy atom. The normalized spacial score (nSPS) is 10.5. The van der Waals surface area contributed by atoms with E-state index in [4.69, 9.17) is 23.2 Å². The average Bonchev–Trinajstić information content (AvgIpc) is 2.72. The van der Waals surface area contributed by atoms with Crippen LogP contribution in [-0.4, -0.2) is 15.9 Å². The number of anilines is 1. The lowest BCUT2D eigenvalue weighted by Gasteiger charge is -2.00. The highest BCUT2D eigenvalue weighted by Gasteiger charge is 2.06. The van der Waals surface area contributed by atoms with Crippen LogP contribution in [-0.2, 0) is 6.42 Å². The van der Waals surface area contributed by atoms with Crippen LogP contribution in [0.1, 0.15) is 18.3 Å². The number of halogens is 2. The summed E-state index contributed by atoms with van der Waals surface area (Å²) in [7, 11) is 0. The van der Waals surface area contributed by atoms with Crippen LogP contribution in [0.3, 0.4) is 0 Å². The summed E-state index contributed by atoms with van der Waals surface area (Å²) in [5.74, 6) is 0.796. The highest BCUT2D eigenvalue weighted by Crippen LogP contribution is 2.24. The summed E-state index contributed by atoms with van der Waals surface area (Å²) in [5.41, 5.74) is 1.06. The second-order valence-electron chi connectivity index (χ2n) is 3.47. The molecule has 2 rings (SSSR count). The van der Waals surface area contributed by atoms with Crippen molar-refractivity contribution in [3.63, 3.8) is 0 Å². The van der Waals surface area contributed by atoms with E-state index in [2.05, 4.69) is 14.7 Å². The van der Waals surface area contributed by atoms with Gasteiger partial charge in [0.2, 0.25) is 5.13 Å². The van der Waals surface area contributed by atoms with Crippen molar-refractivity contribution in [1.29, 1.82) is 0 Å². The molecule has 17 heavy (non-hydrogen) atoms. The Balaban J connectivity index is 2.11. The quantitative estimate of drug-likeness (QED) is 0.928. The molecule has 0 unspecified atom stereocenters. The number of hydrogen-bond donors (Lipinski definition) is 1. The van der Waals surface area contributed by atoms with Crippen LogP contribution in [0.5, 0.6) is 0 Å². The molecular formula is C11H11Cl2N3S. The molecule has 0 atom stereocenters.